The van der Waals surface area contributed by atoms with Crippen LogP contribution in [0.15, 0.2) is 0 Å². The number of fused-ring (bicyclic) bond motifs is 1. The monoisotopic (exact) mass is 323 g/mol. The number of amides is 2. The lowest BCUT2D eigenvalue weighted by Gasteiger charge is -2.29. The molecule has 0 atom stereocenters. The van der Waals surface area contributed by atoms with Crippen LogP contribution in [-0.2, 0) is 22.6 Å². The second kappa shape index (κ2) is 7.72. The second-order valence-corrected chi connectivity index (χ2v) is 6.94. The van der Waals surface area contributed by atoms with Gasteiger partial charge in [-0.3, -0.25) is 9.59 Å². The van der Waals surface area contributed by atoms with Gasteiger partial charge in [0.15, 0.2) is 5.13 Å². The Morgan fingerprint density at radius 2 is 2.00 bits per heavy atom. The van der Waals surface area contributed by atoms with Crippen LogP contribution in [0.4, 0.5) is 5.13 Å². The molecule has 1 aromatic rings. The van der Waals surface area contributed by atoms with Crippen LogP contribution in [0, 0.1) is 5.92 Å². The fourth-order valence-electron chi connectivity index (χ4n) is 2.93. The Balaban J connectivity index is 2.05. The average Bonchev–Trinajstić information content (AvgIpc) is 2.86. The summed E-state index contributed by atoms with van der Waals surface area (Å²) in [7, 11) is 0. The minimum atomic E-state index is -0.106. The van der Waals surface area contributed by atoms with E-state index in [1.54, 1.807) is 0 Å². The van der Waals surface area contributed by atoms with Crippen molar-refractivity contribution in [3.05, 3.63) is 10.6 Å². The van der Waals surface area contributed by atoms with E-state index in [9.17, 15) is 9.59 Å². The fourth-order valence-corrected chi connectivity index (χ4v) is 4.00. The van der Waals surface area contributed by atoms with E-state index >= 15 is 0 Å². The van der Waals surface area contributed by atoms with E-state index in [0.717, 1.165) is 49.2 Å². The zero-order valence-electron chi connectivity index (χ0n) is 13.6. The van der Waals surface area contributed by atoms with Gasteiger partial charge in [0.2, 0.25) is 11.8 Å². The van der Waals surface area contributed by atoms with Gasteiger partial charge >= 0.3 is 0 Å². The number of nitrogens with one attached hydrogen (secondary N) is 1. The Bertz CT molecular complexity index is 535. The lowest BCUT2D eigenvalue weighted by Crippen LogP contribution is -2.39. The summed E-state index contributed by atoms with van der Waals surface area (Å²) in [6, 6.07) is 0. The van der Waals surface area contributed by atoms with E-state index in [1.165, 1.54) is 18.3 Å². The zero-order valence-corrected chi connectivity index (χ0v) is 14.5. The van der Waals surface area contributed by atoms with Crippen LogP contribution in [0.3, 0.4) is 0 Å². The number of carbonyl (C=O) groups is 2. The number of rotatable bonds is 6. The summed E-state index contributed by atoms with van der Waals surface area (Å²) in [5.74, 6) is 0.327. The second-order valence-electron chi connectivity index (χ2n) is 5.85. The molecule has 0 unspecified atom stereocenters. The lowest BCUT2D eigenvalue weighted by atomic mass is 9.96. The molecule has 1 aliphatic rings. The van der Waals surface area contributed by atoms with Gasteiger partial charge in [0.1, 0.15) is 0 Å². The molecule has 0 aliphatic carbocycles. The van der Waals surface area contributed by atoms with Crippen LogP contribution in [0.2, 0.25) is 0 Å². The molecule has 2 rings (SSSR count). The van der Waals surface area contributed by atoms with Gasteiger partial charge in [-0.25, -0.2) is 4.98 Å². The summed E-state index contributed by atoms with van der Waals surface area (Å²) in [6.07, 6.45) is 4.80. The predicted octanol–water partition coefficient (Wildman–Crippen LogP) is 3.20. The van der Waals surface area contributed by atoms with Crippen molar-refractivity contribution in [2.45, 2.75) is 59.4 Å². The number of hydrogen-bond donors (Lipinski definition) is 1. The topological polar surface area (TPSA) is 62.3 Å². The molecule has 0 radical (unpaired) electrons. The molecule has 0 fully saturated rings. The largest absolute Gasteiger partial charge is 0.337 e. The number of thiazole rings is 1. The molecular weight excluding hydrogens is 298 g/mol. The van der Waals surface area contributed by atoms with Gasteiger partial charge in [0.05, 0.1) is 12.2 Å². The zero-order chi connectivity index (χ0) is 16.1. The minimum absolute atomic E-state index is 0.106. The van der Waals surface area contributed by atoms with Gasteiger partial charge in [-0.05, 0) is 12.8 Å². The smallest absolute Gasteiger partial charge is 0.226 e. The first-order valence-electron chi connectivity index (χ1n) is 8.10. The molecule has 1 N–H and O–H groups in total. The van der Waals surface area contributed by atoms with E-state index < -0.39 is 0 Å². The van der Waals surface area contributed by atoms with Crippen LogP contribution in [0.5, 0.6) is 0 Å². The number of hydrogen-bond acceptors (Lipinski definition) is 4. The van der Waals surface area contributed by atoms with Crippen molar-refractivity contribution in [3.8, 4) is 0 Å². The first kappa shape index (κ1) is 16.9. The van der Waals surface area contributed by atoms with Gasteiger partial charge in [-0.1, -0.05) is 38.0 Å². The van der Waals surface area contributed by atoms with Crippen molar-refractivity contribution in [1.82, 2.24) is 9.88 Å². The van der Waals surface area contributed by atoms with E-state index in [4.69, 9.17) is 0 Å². The fraction of sp³-hybridized carbons (Fsp3) is 0.688. The molecule has 6 heteroatoms. The molecule has 5 nitrogen and oxygen atoms in total. The van der Waals surface area contributed by atoms with Gasteiger partial charge < -0.3 is 10.2 Å². The third-order valence-electron chi connectivity index (χ3n) is 3.95. The number of nitrogens with zero attached hydrogens (tertiary/aromatic N) is 2. The third-order valence-corrected chi connectivity index (χ3v) is 4.95. The van der Waals surface area contributed by atoms with Crippen molar-refractivity contribution in [1.29, 1.82) is 0 Å². The molecule has 2 heterocycles. The van der Waals surface area contributed by atoms with Crippen molar-refractivity contribution in [2.75, 3.05) is 11.9 Å². The van der Waals surface area contributed by atoms with E-state index in [-0.39, 0.29) is 17.7 Å². The molecule has 0 saturated heterocycles. The summed E-state index contributed by atoms with van der Waals surface area (Å²) in [5, 5.41) is 3.38. The van der Waals surface area contributed by atoms with Crippen LogP contribution in [0.1, 0.15) is 57.0 Å². The summed E-state index contributed by atoms with van der Waals surface area (Å²) in [6.45, 7) is 7.12. The molecule has 2 amide bonds. The molecule has 1 aromatic heterocycles. The minimum Gasteiger partial charge on any atom is -0.337 e. The van der Waals surface area contributed by atoms with Crippen LogP contribution < -0.4 is 5.32 Å². The van der Waals surface area contributed by atoms with Gasteiger partial charge in [0, 0.05) is 30.7 Å². The van der Waals surface area contributed by atoms with Gasteiger partial charge in [-0.2, -0.15) is 0 Å². The highest BCUT2D eigenvalue weighted by Gasteiger charge is 2.28. The van der Waals surface area contributed by atoms with E-state index in [0.29, 0.717) is 11.7 Å². The molecule has 0 aromatic carbocycles. The Hall–Kier alpha value is -1.43. The molecular formula is C16H25N3O2S. The standard InChI is InChI=1S/C16H25N3O2S/c1-4-6-12(7-5-2)15(21)19-9-8-13-14(10-19)22-16(18-13)17-11(3)20/h12H,4-10H2,1-3H3,(H,17,18,20). The Morgan fingerprint density at radius 3 is 2.59 bits per heavy atom. The highest BCUT2D eigenvalue weighted by atomic mass is 32.1. The predicted molar refractivity (Wildman–Crippen MR) is 88.8 cm³/mol. The Kier molecular flexibility index (Phi) is 5.94. The highest BCUT2D eigenvalue weighted by Crippen LogP contribution is 2.29. The molecule has 0 saturated carbocycles. The van der Waals surface area contributed by atoms with Gasteiger partial charge in [0.25, 0.3) is 0 Å². The number of carbonyl (C=O) groups excluding carboxylic acids is 2. The van der Waals surface area contributed by atoms with E-state index in [2.05, 4.69) is 24.1 Å². The van der Waals surface area contributed by atoms with Crippen LogP contribution >= 0.6 is 11.3 Å². The first-order valence-corrected chi connectivity index (χ1v) is 8.91. The third kappa shape index (κ3) is 4.06. The number of aromatic nitrogens is 1. The normalized spacial score (nSPS) is 14.1. The van der Waals surface area contributed by atoms with Crippen molar-refractivity contribution >= 4 is 28.3 Å². The number of anilines is 1. The van der Waals surface area contributed by atoms with Crippen molar-refractivity contribution < 1.29 is 9.59 Å². The average molecular weight is 323 g/mol. The van der Waals surface area contributed by atoms with Crippen LogP contribution in [-0.4, -0.2) is 28.2 Å². The first-order chi connectivity index (χ1) is 10.5. The molecule has 122 valence electrons. The maximum Gasteiger partial charge on any atom is 0.226 e. The summed E-state index contributed by atoms with van der Waals surface area (Å²) < 4.78 is 0. The SMILES string of the molecule is CCCC(CCC)C(=O)N1CCc2nc(NC(C)=O)sc2C1. The quantitative estimate of drug-likeness (QED) is 0.874. The molecule has 1 aliphatic heterocycles. The Labute approximate surface area is 136 Å². The maximum atomic E-state index is 12.7. The Morgan fingerprint density at radius 1 is 1.32 bits per heavy atom. The summed E-state index contributed by atoms with van der Waals surface area (Å²) in [4.78, 5) is 31.4. The lowest BCUT2D eigenvalue weighted by molar-refractivity contribution is -0.137. The molecule has 22 heavy (non-hydrogen) atoms. The van der Waals surface area contributed by atoms with Gasteiger partial charge in [-0.15, -0.1) is 0 Å². The maximum absolute atomic E-state index is 12.7. The highest BCUT2D eigenvalue weighted by molar-refractivity contribution is 7.15. The summed E-state index contributed by atoms with van der Waals surface area (Å²) in [5.41, 5.74) is 1.03. The van der Waals surface area contributed by atoms with Crippen LogP contribution in [0.25, 0.3) is 0 Å². The molecule has 0 spiro atoms. The summed E-state index contributed by atoms with van der Waals surface area (Å²) >= 11 is 1.49. The molecule has 0 bridgehead atoms. The van der Waals surface area contributed by atoms with Crippen molar-refractivity contribution in [2.24, 2.45) is 5.92 Å². The van der Waals surface area contributed by atoms with E-state index in [1.807, 2.05) is 4.90 Å². The van der Waals surface area contributed by atoms with Crippen molar-refractivity contribution in [3.63, 3.8) is 0 Å².